The van der Waals surface area contributed by atoms with Gasteiger partial charge in [-0.15, -0.1) is 0 Å². The van der Waals surface area contributed by atoms with Gasteiger partial charge in [-0.05, 0) is 37.1 Å². The lowest BCUT2D eigenvalue weighted by atomic mass is 10.0. The zero-order valence-electron chi connectivity index (χ0n) is 14.0. The maximum atomic E-state index is 11.2. The number of rotatable bonds is 3. The first-order chi connectivity index (χ1) is 12.0. The number of nitrogens with two attached hydrogens (primary N) is 1. The molecule has 3 heterocycles. The van der Waals surface area contributed by atoms with E-state index in [1.165, 1.54) is 6.33 Å². The summed E-state index contributed by atoms with van der Waals surface area (Å²) in [6, 6.07) is 5.58. The van der Waals surface area contributed by atoms with Crippen LogP contribution in [0.1, 0.15) is 25.5 Å². The van der Waals surface area contributed by atoms with Gasteiger partial charge in [-0.2, -0.15) is 0 Å². The monoisotopic (exact) mass is 337 g/mol. The number of hydrogen-bond acceptors (Lipinski definition) is 5. The summed E-state index contributed by atoms with van der Waals surface area (Å²) in [5.41, 5.74) is 10.7. The van der Waals surface area contributed by atoms with Gasteiger partial charge >= 0.3 is 5.97 Å². The summed E-state index contributed by atoms with van der Waals surface area (Å²) in [5, 5.41) is 13.1. The highest BCUT2D eigenvalue weighted by atomic mass is 16.4. The molecule has 4 N–H and O–H groups in total. The number of nitrogens with zero attached hydrogens (tertiary/aromatic N) is 3. The molecular formula is C18H19N5O2. The predicted octanol–water partition coefficient (Wildman–Crippen LogP) is 2.68. The molecule has 1 aromatic carbocycles. The van der Waals surface area contributed by atoms with Crippen LogP contribution >= 0.6 is 0 Å². The van der Waals surface area contributed by atoms with Crippen molar-refractivity contribution in [1.29, 1.82) is 0 Å². The molecule has 1 atom stereocenters. The maximum Gasteiger partial charge on any atom is 0.326 e. The van der Waals surface area contributed by atoms with E-state index in [2.05, 4.69) is 33.7 Å². The fourth-order valence-electron chi connectivity index (χ4n) is 3.40. The number of nitrogen functional groups attached to an aromatic ring is 1. The number of benzene rings is 1. The number of fused-ring (bicyclic) bond motifs is 2. The second-order valence-electron chi connectivity index (χ2n) is 6.61. The first-order valence-corrected chi connectivity index (χ1v) is 8.19. The first-order valence-electron chi connectivity index (χ1n) is 8.19. The van der Waals surface area contributed by atoms with Crippen molar-refractivity contribution >= 4 is 28.5 Å². The highest BCUT2D eigenvalue weighted by Crippen LogP contribution is 2.37. The average Bonchev–Trinajstić information content (AvgIpc) is 3.16. The number of carboxylic acid groups (broad SMARTS) is 1. The highest BCUT2D eigenvalue weighted by Gasteiger charge is 2.27. The van der Waals surface area contributed by atoms with E-state index < -0.39 is 12.0 Å². The van der Waals surface area contributed by atoms with Crippen molar-refractivity contribution in [2.45, 2.75) is 32.4 Å². The van der Waals surface area contributed by atoms with E-state index in [9.17, 15) is 9.90 Å². The third kappa shape index (κ3) is 2.39. The summed E-state index contributed by atoms with van der Waals surface area (Å²) in [4.78, 5) is 19.8. The number of anilines is 2. The molecule has 0 bridgehead atoms. The Bertz CT molecular complexity index is 993. The van der Waals surface area contributed by atoms with Crippen LogP contribution in [0.2, 0.25) is 0 Å². The van der Waals surface area contributed by atoms with Gasteiger partial charge in [0.25, 0.3) is 0 Å². The standard InChI is InChI=1S/C18H19N5O2/c1-9(2)23-7-12(15-16(19)20-8-21-17(15)23)10-3-4-13-11(5-10)6-14(22-13)18(24)25/h3-5,7-9,14,22H,6H2,1-2H3,(H,24,25)(H2,19,20,21). The minimum absolute atomic E-state index is 0.234. The van der Waals surface area contributed by atoms with Crippen LogP contribution in [0.4, 0.5) is 11.5 Å². The molecule has 1 aliphatic heterocycles. The molecule has 7 heteroatoms. The van der Waals surface area contributed by atoms with Gasteiger partial charge in [0.15, 0.2) is 0 Å². The van der Waals surface area contributed by atoms with E-state index in [0.29, 0.717) is 12.2 Å². The summed E-state index contributed by atoms with van der Waals surface area (Å²) in [6.45, 7) is 4.18. The van der Waals surface area contributed by atoms with Gasteiger partial charge < -0.3 is 20.7 Å². The lowest BCUT2D eigenvalue weighted by Crippen LogP contribution is -2.26. The van der Waals surface area contributed by atoms with Crippen molar-refractivity contribution in [3.63, 3.8) is 0 Å². The van der Waals surface area contributed by atoms with Gasteiger partial charge in [0.1, 0.15) is 23.8 Å². The Kier molecular flexibility index (Phi) is 3.38. The van der Waals surface area contributed by atoms with Crippen molar-refractivity contribution in [2.24, 2.45) is 0 Å². The SMILES string of the molecule is CC(C)n1cc(-c2ccc3c(c2)CC(C(=O)O)N3)c2c(N)ncnc21. The van der Waals surface area contributed by atoms with Crippen LogP contribution in [0.15, 0.2) is 30.7 Å². The third-order valence-corrected chi connectivity index (χ3v) is 4.66. The molecule has 0 saturated carbocycles. The third-order valence-electron chi connectivity index (χ3n) is 4.66. The van der Waals surface area contributed by atoms with Gasteiger partial charge in [-0.1, -0.05) is 6.07 Å². The van der Waals surface area contributed by atoms with Gasteiger partial charge in [0, 0.05) is 29.9 Å². The van der Waals surface area contributed by atoms with Crippen molar-refractivity contribution in [3.05, 3.63) is 36.3 Å². The van der Waals surface area contributed by atoms with Crippen molar-refractivity contribution in [2.75, 3.05) is 11.1 Å². The van der Waals surface area contributed by atoms with Crippen molar-refractivity contribution in [3.8, 4) is 11.1 Å². The van der Waals surface area contributed by atoms with E-state index in [1.54, 1.807) is 0 Å². The minimum Gasteiger partial charge on any atom is -0.480 e. The van der Waals surface area contributed by atoms with Gasteiger partial charge in [-0.3, -0.25) is 0 Å². The predicted molar refractivity (Wildman–Crippen MR) is 96.5 cm³/mol. The second kappa shape index (κ2) is 5.47. The van der Waals surface area contributed by atoms with Crippen LogP contribution in [-0.2, 0) is 11.2 Å². The fourth-order valence-corrected chi connectivity index (χ4v) is 3.40. The number of hydrogen-bond donors (Lipinski definition) is 3. The Morgan fingerprint density at radius 2 is 2.20 bits per heavy atom. The normalized spacial score (nSPS) is 16.2. The van der Waals surface area contributed by atoms with Crippen molar-refractivity contribution in [1.82, 2.24) is 14.5 Å². The quantitative estimate of drug-likeness (QED) is 0.678. The van der Waals surface area contributed by atoms with Crippen LogP contribution in [-0.4, -0.2) is 31.7 Å². The molecule has 0 fully saturated rings. The molecule has 1 aliphatic rings. The van der Waals surface area contributed by atoms with Gasteiger partial charge in [-0.25, -0.2) is 14.8 Å². The second-order valence-corrected chi connectivity index (χ2v) is 6.61. The lowest BCUT2D eigenvalue weighted by molar-refractivity contribution is -0.137. The van der Waals surface area contributed by atoms with Crippen LogP contribution < -0.4 is 11.1 Å². The Morgan fingerprint density at radius 1 is 1.40 bits per heavy atom. The fraction of sp³-hybridized carbons (Fsp3) is 0.278. The summed E-state index contributed by atoms with van der Waals surface area (Å²) < 4.78 is 2.08. The zero-order valence-corrected chi connectivity index (χ0v) is 14.0. The molecule has 3 aromatic rings. The number of nitrogens with one attached hydrogen (secondary N) is 1. The van der Waals surface area contributed by atoms with E-state index in [1.807, 2.05) is 24.4 Å². The molecule has 7 nitrogen and oxygen atoms in total. The largest absolute Gasteiger partial charge is 0.480 e. The minimum atomic E-state index is -0.841. The maximum absolute atomic E-state index is 11.2. The Labute approximate surface area is 144 Å². The first kappa shape index (κ1) is 15.4. The molecule has 0 aliphatic carbocycles. The molecule has 0 spiro atoms. The number of carbonyl (C=O) groups is 1. The number of aromatic nitrogens is 3. The lowest BCUT2D eigenvalue weighted by Gasteiger charge is -2.07. The Morgan fingerprint density at radius 3 is 2.92 bits per heavy atom. The van der Waals surface area contributed by atoms with Crippen molar-refractivity contribution < 1.29 is 9.90 Å². The molecule has 2 aromatic heterocycles. The van der Waals surface area contributed by atoms with Gasteiger partial charge in [0.05, 0.1) is 5.39 Å². The smallest absolute Gasteiger partial charge is 0.326 e. The van der Waals surface area contributed by atoms with Gasteiger partial charge in [0.2, 0.25) is 0 Å². The molecule has 128 valence electrons. The molecule has 0 radical (unpaired) electrons. The van der Waals surface area contributed by atoms with Crippen LogP contribution in [0.5, 0.6) is 0 Å². The summed E-state index contributed by atoms with van der Waals surface area (Å²) in [7, 11) is 0. The Hall–Kier alpha value is -3.09. The summed E-state index contributed by atoms with van der Waals surface area (Å²) in [5.74, 6) is -0.395. The molecule has 25 heavy (non-hydrogen) atoms. The van der Waals surface area contributed by atoms with E-state index >= 15 is 0 Å². The van der Waals surface area contributed by atoms with Crippen LogP contribution in [0, 0.1) is 0 Å². The van der Waals surface area contributed by atoms with Crippen LogP contribution in [0.3, 0.4) is 0 Å². The zero-order chi connectivity index (χ0) is 17.7. The van der Waals surface area contributed by atoms with E-state index in [4.69, 9.17) is 5.73 Å². The average molecular weight is 337 g/mol. The topological polar surface area (TPSA) is 106 Å². The summed E-state index contributed by atoms with van der Waals surface area (Å²) >= 11 is 0. The molecular weight excluding hydrogens is 318 g/mol. The molecule has 4 rings (SSSR count). The van der Waals surface area contributed by atoms with E-state index in [0.717, 1.165) is 33.4 Å². The number of carboxylic acids is 1. The Balaban J connectivity index is 1.87. The highest BCUT2D eigenvalue weighted by molar-refractivity contribution is 6.01. The van der Waals surface area contributed by atoms with E-state index in [-0.39, 0.29) is 6.04 Å². The molecule has 0 amide bonds. The molecule has 0 saturated heterocycles. The summed E-state index contributed by atoms with van der Waals surface area (Å²) in [6.07, 6.45) is 3.98. The van der Waals surface area contributed by atoms with Crippen LogP contribution in [0.25, 0.3) is 22.2 Å². The number of aliphatic carboxylic acids is 1. The molecule has 1 unspecified atom stereocenters.